The molecule has 9 heteroatoms. The van der Waals surface area contributed by atoms with Crippen LogP contribution in [0.15, 0.2) is 54.6 Å². The number of phenols is 1. The molecule has 2 aromatic carbocycles. The summed E-state index contributed by atoms with van der Waals surface area (Å²) in [5.41, 5.74) is -1.07. The van der Waals surface area contributed by atoms with Crippen molar-refractivity contribution in [3.05, 3.63) is 77.4 Å². The molecular weight excluding hydrogens is 376 g/mol. The zero-order valence-corrected chi connectivity index (χ0v) is 13.9. The molecule has 3 rings (SSSR count). The quantitative estimate of drug-likeness (QED) is 0.642. The first-order chi connectivity index (χ1) is 13.3. The van der Waals surface area contributed by atoms with E-state index in [1.54, 1.807) is 0 Å². The lowest BCUT2D eigenvalue weighted by Crippen LogP contribution is -2.11. The summed E-state index contributed by atoms with van der Waals surface area (Å²) in [6.45, 7) is 0. The molecular formula is C19H11F2NO6. The number of aromatic nitrogens is 1. The lowest BCUT2D eigenvalue weighted by Gasteiger charge is -2.08. The number of carbonyl (C=O) groups excluding carboxylic acids is 1. The summed E-state index contributed by atoms with van der Waals surface area (Å²) in [5, 5.41) is 18.3. The highest BCUT2D eigenvalue weighted by Crippen LogP contribution is 2.25. The second-order valence-electron chi connectivity index (χ2n) is 5.42. The van der Waals surface area contributed by atoms with Gasteiger partial charge in [-0.15, -0.1) is 0 Å². The molecule has 0 bridgehead atoms. The first kappa shape index (κ1) is 18.8. The Morgan fingerprint density at radius 3 is 2.32 bits per heavy atom. The Bertz CT molecular complexity index is 1070. The van der Waals surface area contributed by atoms with Crippen molar-refractivity contribution in [2.45, 2.75) is 0 Å². The summed E-state index contributed by atoms with van der Waals surface area (Å²) in [7, 11) is 0. The van der Waals surface area contributed by atoms with Crippen LogP contribution in [0.1, 0.15) is 20.7 Å². The fraction of sp³-hybridized carbons (Fsp3) is 0. The number of hydrogen-bond donors (Lipinski definition) is 2. The number of benzene rings is 2. The molecule has 0 spiro atoms. The maximum absolute atomic E-state index is 13.7. The van der Waals surface area contributed by atoms with Gasteiger partial charge in [0.05, 0.1) is 11.1 Å². The van der Waals surface area contributed by atoms with Crippen LogP contribution in [-0.2, 0) is 0 Å². The zero-order chi connectivity index (χ0) is 20.3. The van der Waals surface area contributed by atoms with E-state index in [4.69, 9.17) is 14.6 Å². The molecule has 0 aliphatic rings. The third kappa shape index (κ3) is 4.21. The van der Waals surface area contributed by atoms with E-state index in [9.17, 15) is 23.5 Å². The van der Waals surface area contributed by atoms with Gasteiger partial charge in [-0.2, -0.15) is 4.98 Å². The number of carboxylic acid groups (broad SMARTS) is 1. The molecule has 28 heavy (non-hydrogen) atoms. The summed E-state index contributed by atoms with van der Waals surface area (Å²) in [5.74, 6) is -5.00. The van der Waals surface area contributed by atoms with E-state index in [0.717, 1.165) is 30.3 Å². The van der Waals surface area contributed by atoms with Crippen molar-refractivity contribution in [2.75, 3.05) is 0 Å². The molecule has 0 amide bonds. The molecule has 0 fully saturated rings. The van der Waals surface area contributed by atoms with Crippen LogP contribution < -0.4 is 9.47 Å². The van der Waals surface area contributed by atoms with E-state index < -0.39 is 34.7 Å². The Labute approximate surface area is 156 Å². The molecule has 0 radical (unpaired) electrons. The Balaban J connectivity index is 1.79. The maximum Gasteiger partial charge on any atom is 0.347 e. The highest BCUT2D eigenvalue weighted by atomic mass is 19.1. The molecule has 2 N–H and O–H groups in total. The summed E-state index contributed by atoms with van der Waals surface area (Å²) in [6, 6.07) is 10.1. The normalized spacial score (nSPS) is 10.4. The first-order valence-electron chi connectivity index (χ1n) is 7.72. The van der Waals surface area contributed by atoms with Crippen LogP contribution in [0.3, 0.4) is 0 Å². The van der Waals surface area contributed by atoms with E-state index in [1.165, 1.54) is 24.3 Å². The van der Waals surface area contributed by atoms with Crippen molar-refractivity contribution >= 4 is 11.9 Å². The van der Waals surface area contributed by atoms with E-state index in [0.29, 0.717) is 0 Å². The van der Waals surface area contributed by atoms with E-state index in [-0.39, 0.29) is 23.3 Å². The predicted octanol–water partition coefficient (Wildman–Crippen LogP) is 3.78. The number of rotatable bonds is 5. The molecule has 0 aliphatic carbocycles. The number of ether oxygens (including phenoxy) is 2. The van der Waals surface area contributed by atoms with E-state index in [2.05, 4.69) is 4.98 Å². The van der Waals surface area contributed by atoms with Gasteiger partial charge in [-0.1, -0.05) is 6.07 Å². The second kappa shape index (κ2) is 7.70. The number of aromatic carboxylic acids is 1. The number of carboxylic acids is 1. The second-order valence-corrected chi connectivity index (χ2v) is 5.42. The third-order valence-electron chi connectivity index (χ3n) is 3.46. The number of phenolic OH excluding ortho intramolecular Hbond substituents is 1. The van der Waals surface area contributed by atoms with Gasteiger partial charge in [0.1, 0.15) is 23.1 Å². The summed E-state index contributed by atoms with van der Waals surface area (Å²) < 4.78 is 37.4. The van der Waals surface area contributed by atoms with Crippen LogP contribution in [0, 0.1) is 11.6 Å². The van der Waals surface area contributed by atoms with Gasteiger partial charge in [-0.3, -0.25) is 0 Å². The van der Waals surface area contributed by atoms with Gasteiger partial charge in [-0.25, -0.2) is 18.4 Å². The Kier molecular flexibility index (Phi) is 5.16. The van der Waals surface area contributed by atoms with Crippen LogP contribution >= 0.6 is 0 Å². The smallest absolute Gasteiger partial charge is 0.347 e. The summed E-state index contributed by atoms with van der Waals surface area (Å²) in [6.07, 6.45) is 0. The highest BCUT2D eigenvalue weighted by molar-refractivity contribution is 5.91. The Morgan fingerprint density at radius 1 is 0.893 bits per heavy atom. The topological polar surface area (TPSA) is 106 Å². The molecule has 0 unspecified atom stereocenters. The number of pyridine rings is 1. The van der Waals surface area contributed by atoms with Crippen LogP contribution in [0.4, 0.5) is 8.78 Å². The molecule has 0 saturated carbocycles. The average molecular weight is 387 g/mol. The average Bonchev–Trinajstić information content (AvgIpc) is 2.65. The standard InChI is InChI=1S/C19H11F2NO6/c20-14-7-5-11(9-12(14)18(24)25)27-16-2-1-3-17(22-16)28-19(26)13-8-10(23)4-6-15(13)21/h1-9,23H,(H,24,25). The van der Waals surface area contributed by atoms with E-state index >= 15 is 0 Å². The number of hydrogen-bond acceptors (Lipinski definition) is 6. The Morgan fingerprint density at radius 2 is 1.57 bits per heavy atom. The predicted molar refractivity (Wildman–Crippen MR) is 90.7 cm³/mol. The summed E-state index contributed by atoms with van der Waals surface area (Å²) >= 11 is 0. The fourth-order valence-corrected chi connectivity index (χ4v) is 2.18. The molecule has 1 heterocycles. The maximum atomic E-state index is 13.7. The van der Waals surface area contributed by atoms with Gasteiger partial charge in [-0.05, 0) is 36.4 Å². The van der Waals surface area contributed by atoms with Gasteiger partial charge in [0, 0.05) is 12.1 Å². The zero-order valence-electron chi connectivity index (χ0n) is 13.9. The van der Waals surface area contributed by atoms with Gasteiger partial charge < -0.3 is 19.7 Å². The van der Waals surface area contributed by atoms with Crippen LogP contribution in [0.2, 0.25) is 0 Å². The molecule has 142 valence electrons. The summed E-state index contributed by atoms with van der Waals surface area (Å²) in [4.78, 5) is 26.9. The molecule has 0 atom stereocenters. The minimum absolute atomic E-state index is 0.00574. The van der Waals surface area contributed by atoms with Gasteiger partial charge in [0.15, 0.2) is 0 Å². The fourth-order valence-electron chi connectivity index (χ4n) is 2.18. The minimum Gasteiger partial charge on any atom is -0.508 e. The van der Waals surface area contributed by atoms with Gasteiger partial charge >= 0.3 is 11.9 Å². The molecule has 7 nitrogen and oxygen atoms in total. The van der Waals surface area contributed by atoms with Crippen molar-refractivity contribution in [1.82, 2.24) is 4.98 Å². The molecule has 1 aromatic heterocycles. The minimum atomic E-state index is -1.47. The lowest BCUT2D eigenvalue weighted by molar-refractivity contribution is 0.0687. The first-order valence-corrected chi connectivity index (χ1v) is 7.72. The Hall–Kier alpha value is -4.01. The lowest BCUT2D eigenvalue weighted by atomic mass is 10.2. The van der Waals surface area contributed by atoms with Crippen LogP contribution in [-0.4, -0.2) is 27.1 Å². The third-order valence-corrected chi connectivity index (χ3v) is 3.46. The molecule has 0 saturated heterocycles. The monoisotopic (exact) mass is 387 g/mol. The van der Waals surface area contributed by atoms with Crippen molar-refractivity contribution in [2.24, 2.45) is 0 Å². The number of aromatic hydroxyl groups is 1. The van der Waals surface area contributed by atoms with Crippen LogP contribution in [0.5, 0.6) is 23.3 Å². The molecule has 3 aromatic rings. The van der Waals surface area contributed by atoms with E-state index in [1.807, 2.05) is 0 Å². The van der Waals surface area contributed by atoms with Crippen molar-refractivity contribution in [3.8, 4) is 23.3 Å². The number of halogens is 2. The number of nitrogens with zero attached hydrogens (tertiary/aromatic N) is 1. The van der Waals surface area contributed by atoms with Gasteiger partial charge in [0.2, 0.25) is 11.8 Å². The van der Waals surface area contributed by atoms with Gasteiger partial charge in [0.25, 0.3) is 0 Å². The molecule has 0 aliphatic heterocycles. The van der Waals surface area contributed by atoms with Crippen molar-refractivity contribution in [3.63, 3.8) is 0 Å². The SMILES string of the molecule is O=C(O)c1cc(Oc2cccc(OC(=O)c3cc(O)ccc3F)n2)ccc1F. The van der Waals surface area contributed by atoms with Crippen molar-refractivity contribution in [1.29, 1.82) is 0 Å². The van der Waals surface area contributed by atoms with Crippen molar-refractivity contribution < 1.29 is 38.1 Å². The largest absolute Gasteiger partial charge is 0.508 e. The van der Waals surface area contributed by atoms with Crippen LogP contribution in [0.25, 0.3) is 0 Å². The number of esters is 1. The highest BCUT2D eigenvalue weighted by Gasteiger charge is 2.16. The number of carbonyl (C=O) groups is 2.